The number of hydrogen-bond donors (Lipinski definition) is 0. The van der Waals surface area contributed by atoms with Gasteiger partial charge in [-0.25, -0.2) is 9.97 Å². The van der Waals surface area contributed by atoms with Gasteiger partial charge in [-0.2, -0.15) is 22.7 Å². The maximum absolute atomic E-state index is 12.6. The van der Waals surface area contributed by atoms with Crippen LogP contribution in [0.4, 0.5) is 5.82 Å². The molecule has 0 radical (unpaired) electrons. The predicted molar refractivity (Wildman–Crippen MR) is 115 cm³/mol. The minimum absolute atomic E-state index is 0.118. The summed E-state index contributed by atoms with van der Waals surface area (Å²) in [6.45, 7) is 2.92. The molecule has 1 fully saturated rings. The van der Waals surface area contributed by atoms with Crippen LogP contribution in [0.25, 0.3) is 22.3 Å². The van der Waals surface area contributed by atoms with E-state index in [1.165, 1.54) is 0 Å². The number of piperazine rings is 1. The van der Waals surface area contributed by atoms with Crippen molar-refractivity contribution >= 4 is 45.3 Å². The number of amides is 1. The van der Waals surface area contributed by atoms with Gasteiger partial charge in [0.05, 0.1) is 11.1 Å². The van der Waals surface area contributed by atoms with E-state index in [1.807, 2.05) is 45.3 Å². The highest BCUT2D eigenvalue weighted by Gasteiger charge is 2.24. The second kappa shape index (κ2) is 7.33. The van der Waals surface area contributed by atoms with Crippen LogP contribution in [0.15, 0.2) is 57.9 Å². The van der Waals surface area contributed by atoms with Gasteiger partial charge >= 0.3 is 0 Å². The maximum Gasteiger partial charge on any atom is 0.254 e. The summed E-state index contributed by atoms with van der Waals surface area (Å²) in [5, 5.41) is 9.04. The maximum atomic E-state index is 12.6. The van der Waals surface area contributed by atoms with Crippen LogP contribution < -0.4 is 4.90 Å². The van der Waals surface area contributed by atoms with E-state index in [2.05, 4.69) is 22.4 Å². The lowest BCUT2D eigenvalue weighted by atomic mass is 10.2. The van der Waals surface area contributed by atoms with Crippen LogP contribution in [0.3, 0.4) is 0 Å². The van der Waals surface area contributed by atoms with Crippen molar-refractivity contribution in [2.45, 2.75) is 0 Å². The first kappa shape index (κ1) is 17.3. The van der Waals surface area contributed by atoms with Gasteiger partial charge in [0, 0.05) is 47.9 Å². The van der Waals surface area contributed by atoms with Gasteiger partial charge in [-0.3, -0.25) is 4.79 Å². The first-order valence-electron chi connectivity index (χ1n) is 9.15. The van der Waals surface area contributed by atoms with Gasteiger partial charge in [0.15, 0.2) is 5.82 Å². The Bertz CT molecular complexity index is 1100. The molecule has 7 heteroatoms. The highest BCUT2D eigenvalue weighted by Crippen LogP contribution is 2.29. The van der Waals surface area contributed by atoms with E-state index in [0.717, 1.165) is 46.8 Å². The quantitative estimate of drug-likeness (QED) is 0.507. The lowest BCUT2D eigenvalue weighted by Gasteiger charge is -2.35. The lowest BCUT2D eigenvalue weighted by molar-refractivity contribution is 0.0747. The largest absolute Gasteiger partial charge is 0.352 e. The second-order valence-electron chi connectivity index (χ2n) is 6.69. The van der Waals surface area contributed by atoms with Crippen LogP contribution in [0.1, 0.15) is 10.4 Å². The Morgan fingerprint density at radius 2 is 1.68 bits per heavy atom. The summed E-state index contributed by atoms with van der Waals surface area (Å²) in [7, 11) is 0. The van der Waals surface area contributed by atoms with Crippen molar-refractivity contribution in [3.63, 3.8) is 0 Å². The molecule has 140 valence electrons. The lowest BCUT2D eigenvalue weighted by Crippen LogP contribution is -2.49. The van der Waals surface area contributed by atoms with E-state index in [1.54, 1.807) is 22.7 Å². The summed E-state index contributed by atoms with van der Waals surface area (Å²) in [6, 6.07) is 12.1. The SMILES string of the molecule is O=C(c1ccsc1)N1CCN(c2nc(-c3ccsc3)nc3ccccc23)CC1. The molecule has 4 heterocycles. The zero-order valence-corrected chi connectivity index (χ0v) is 16.7. The fraction of sp³-hybridized carbons (Fsp3) is 0.190. The highest BCUT2D eigenvalue weighted by atomic mass is 32.1. The summed E-state index contributed by atoms with van der Waals surface area (Å²) in [5.41, 5.74) is 2.78. The standard InChI is InChI=1S/C21H18N4OS2/c26-21(16-6-12-28-14-16)25-9-7-24(8-10-25)20-17-3-1-2-4-18(17)22-19(23-20)15-5-11-27-13-15/h1-6,11-14H,7-10H2. The molecule has 4 aromatic rings. The summed E-state index contributed by atoms with van der Waals surface area (Å²) < 4.78 is 0. The van der Waals surface area contributed by atoms with Gasteiger partial charge in [-0.05, 0) is 35.0 Å². The summed E-state index contributed by atoms with van der Waals surface area (Å²) in [6.07, 6.45) is 0. The van der Waals surface area contributed by atoms with Gasteiger partial charge in [0.1, 0.15) is 5.82 Å². The number of carbonyl (C=O) groups excluding carboxylic acids is 1. The Morgan fingerprint density at radius 3 is 2.43 bits per heavy atom. The first-order chi connectivity index (χ1) is 13.8. The molecule has 1 saturated heterocycles. The topological polar surface area (TPSA) is 49.3 Å². The van der Waals surface area contributed by atoms with Gasteiger partial charge < -0.3 is 9.80 Å². The van der Waals surface area contributed by atoms with Gasteiger partial charge in [-0.1, -0.05) is 12.1 Å². The molecule has 0 saturated carbocycles. The molecule has 1 aromatic carbocycles. The normalized spacial score (nSPS) is 14.6. The molecule has 5 nitrogen and oxygen atoms in total. The molecule has 3 aromatic heterocycles. The third kappa shape index (κ3) is 3.16. The fourth-order valence-electron chi connectivity index (χ4n) is 3.51. The molecule has 1 aliphatic rings. The molecule has 0 spiro atoms. The molecule has 1 aliphatic heterocycles. The zero-order chi connectivity index (χ0) is 18.9. The number of aromatic nitrogens is 2. The van der Waals surface area contributed by atoms with Crippen molar-refractivity contribution in [3.05, 3.63) is 63.5 Å². The van der Waals surface area contributed by atoms with Crippen LogP contribution in [0.2, 0.25) is 0 Å². The third-order valence-corrected chi connectivity index (χ3v) is 6.36. The third-order valence-electron chi connectivity index (χ3n) is 5.00. The summed E-state index contributed by atoms with van der Waals surface area (Å²) in [4.78, 5) is 26.5. The van der Waals surface area contributed by atoms with Crippen LogP contribution in [0.5, 0.6) is 0 Å². The number of para-hydroxylation sites is 1. The van der Waals surface area contributed by atoms with Crippen molar-refractivity contribution in [1.29, 1.82) is 0 Å². The van der Waals surface area contributed by atoms with Crippen molar-refractivity contribution in [2.24, 2.45) is 0 Å². The molecular weight excluding hydrogens is 388 g/mol. The molecule has 1 amide bonds. The van der Waals surface area contributed by atoms with Crippen LogP contribution in [-0.2, 0) is 0 Å². The molecule has 0 aliphatic carbocycles. The number of fused-ring (bicyclic) bond motifs is 1. The number of anilines is 1. The smallest absolute Gasteiger partial charge is 0.254 e. The van der Waals surface area contributed by atoms with Crippen LogP contribution in [-0.4, -0.2) is 47.0 Å². The number of rotatable bonds is 3. The minimum Gasteiger partial charge on any atom is -0.352 e. The van der Waals surface area contributed by atoms with E-state index in [9.17, 15) is 4.79 Å². The molecule has 0 atom stereocenters. The average molecular weight is 407 g/mol. The molecular formula is C21H18N4OS2. The average Bonchev–Trinajstić information content (AvgIpc) is 3.47. The van der Waals surface area contributed by atoms with E-state index in [4.69, 9.17) is 9.97 Å². The summed E-state index contributed by atoms with van der Waals surface area (Å²) >= 11 is 3.20. The van der Waals surface area contributed by atoms with Crippen LogP contribution >= 0.6 is 22.7 Å². The van der Waals surface area contributed by atoms with Gasteiger partial charge in [-0.15, -0.1) is 0 Å². The molecule has 0 N–H and O–H groups in total. The Hall–Kier alpha value is -2.77. The van der Waals surface area contributed by atoms with Crippen molar-refractivity contribution < 1.29 is 4.79 Å². The number of benzene rings is 1. The molecule has 0 bridgehead atoms. The number of thiophene rings is 2. The molecule has 0 unspecified atom stereocenters. The zero-order valence-electron chi connectivity index (χ0n) is 15.1. The Labute approximate surface area is 170 Å². The van der Waals surface area contributed by atoms with Gasteiger partial charge in [0.25, 0.3) is 5.91 Å². The number of nitrogens with zero attached hydrogens (tertiary/aromatic N) is 4. The minimum atomic E-state index is 0.118. The monoisotopic (exact) mass is 406 g/mol. The number of hydrogen-bond acceptors (Lipinski definition) is 6. The first-order valence-corrected chi connectivity index (χ1v) is 11.0. The molecule has 5 rings (SSSR count). The Morgan fingerprint density at radius 1 is 0.893 bits per heavy atom. The van der Waals surface area contributed by atoms with Crippen molar-refractivity contribution in [1.82, 2.24) is 14.9 Å². The second-order valence-corrected chi connectivity index (χ2v) is 8.25. The van der Waals surface area contributed by atoms with Crippen molar-refractivity contribution in [2.75, 3.05) is 31.1 Å². The highest BCUT2D eigenvalue weighted by molar-refractivity contribution is 7.08. The Balaban J connectivity index is 1.44. The molecule has 28 heavy (non-hydrogen) atoms. The van der Waals surface area contributed by atoms with E-state index in [0.29, 0.717) is 13.1 Å². The Kier molecular flexibility index (Phi) is 4.54. The summed E-state index contributed by atoms with van der Waals surface area (Å²) in [5.74, 6) is 1.83. The van der Waals surface area contributed by atoms with Crippen LogP contribution in [0, 0.1) is 0 Å². The van der Waals surface area contributed by atoms with E-state index < -0.39 is 0 Å². The van der Waals surface area contributed by atoms with Crippen molar-refractivity contribution in [3.8, 4) is 11.4 Å². The fourth-order valence-corrected chi connectivity index (χ4v) is 4.78. The predicted octanol–water partition coefficient (Wildman–Crippen LogP) is 4.38. The number of carbonyl (C=O) groups is 1. The van der Waals surface area contributed by atoms with Gasteiger partial charge in [0.2, 0.25) is 0 Å². The van der Waals surface area contributed by atoms with E-state index >= 15 is 0 Å². The van der Waals surface area contributed by atoms with E-state index in [-0.39, 0.29) is 5.91 Å².